The van der Waals surface area contributed by atoms with Gasteiger partial charge in [-0.25, -0.2) is 0 Å². The predicted molar refractivity (Wildman–Crippen MR) is 89.2 cm³/mol. The van der Waals surface area contributed by atoms with Crippen molar-refractivity contribution in [2.45, 2.75) is 13.8 Å². The van der Waals surface area contributed by atoms with Crippen LogP contribution in [0.25, 0.3) is 0 Å². The lowest BCUT2D eigenvalue weighted by molar-refractivity contribution is -0.114. The highest BCUT2D eigenvalue weighted by Crippen LogP contribution is 2.27. The van der Waals surface area contributed by atoms with Crippen molar-refractivity contribution in [3.63, 3.8) is 0 Å². The van der Waals surface area contributed by atoms with Crippen molar-refractivity contribution in [1.82, 2.24) is 0 Å². The van der Waals surface area contributed by atoms with E-state index >= 15 is 0 Å². The molecule has 0 atom stereocenters. The van der Waals surface area contributed by atoms with Gasteiger partial charge < -0.3 is 10.6 Å². The number of aryl methyl sites for hydroxylation is 2. The van der Waals surface area contributed by atoms with E-state index in [-0.39, 0.29) is 12.5 Å². The Balaban J connectivity index is 2.00. The average molecular weight is 314 g/mol. The summed E-state index contributed by atoms with van der Waals surface area (Å²) in [6, 6.07) is 12.7. The van der Waals surface area contributed by atoms with Gasteiger partial charge in [0.1, 0.15) is 0 Å². The number of hydrogen-bond acceptors (Lipinski definition) is 3. The fraction of sp³-hybridized carbons (Fsp3) is 0.176. The number of halogens is 1. The lowest BCUT2D eigenvalue weighted by Crippen LogP contribution is -2.22. The first-order valence-electron chi connectivity index (χ1n) is 6.80. The van der Waals surface area contributed by atoms with Gasteiger partial charge in [-0.1, -0.05) is 23.7 Å². The number of anilines is 2. The van der Waals surface area contributed by atoms with Crippen LogP contribution in [0.4, 0.5) is 11.4 Å². The average Bonchev–Trinajstić information content (AvgIpc) is 2.46. The summed E-state index contributed by atoms with van der Waals surface area (Å²) >= 11 is 6.19. The monoisotopic (exact) mass is 313 g/mol. The Kier molecular flexibility index (Phi) is 5.03. The van der Waals surface area contributed by atoms with Crippen LogP contribution in [0, 0.1) is 25.2 Å². The predicted octanol–water partition coefficient (Wildman–Crippen LogP) is 3.88. The molecule has 2 N–H and O–H groups in total. The molecular formula is C17H16ClN3O. The number of nitriles is 1. The van der Waals surface area contributed by atoms with Crippen molar-refractivity contribution in [1.29, 1.82) is 5.26 Å². The molecule has 0 saturated heterocycles. The van der Waals surface area contributed by atoms with Crippen LogP contribution in [0.3, 0.4) is 0 Å². The van der Waals surface area contributed by atoms with Gasteiger partial charge in [0.25, 0.3) is 0 Å². The van der Waals surface area contributed by atoms with Crippen LogP contribution in [0.15, 0.2) is 36.4 Å². The Morgan fingerprint density at radius 2 is 2.05 bits per heavy atom. The largest absolute Gasteiger partial charge is 0.375 e. The molecule has 4 nitrogen and oxygen atoms in total. The molecule has 5 heteroatoms. The van der Waals surface area contributed by atoms with E-state index in [0.29, 0.717) is 16.3 Å². The van der Waals surface area contributed by atoms with Crippen LogP contribution in [0.5, 0.6) is 0 Å². The smallest absolute Gasteiger partial charge is 0.243 e. The Morgan fingerprint density at radius 1 is 1.27 bits per heavy atom. The first-order chi connectivity index (χ1) is 10.5. The van der Waals surface area contributed by atoms with E-state index in [9.17, 15) is 4.79 Å². The molecule has 22 heavy (non-hydrogen) atoms. The summed E-state index contributed by atoms with van der Waals surface area (Å²) in [6.07, 6.45) is 0. The third-order valence-corrected chi connectivity index (χ3v) is 3.43. The van der Waals surface area contributed by atoms with Gasteiger partial charge in [-0.3, -0.25) is 4.79 Å². The highest BCUT2D eigenvalue weighted by molar-refractivity contribution is 6.33. The highest BCUT2D eigenvalue weighted by Gasteiger charge is 2.08. The molecule has 0 spiro atoms. The minimum absolute atomic E-state index is 0.0976. The second-order valence-electron chi connectivity index (χ2n) is 5.03. The second-order valence-corrected chi connectivity index (χ2v) is 5.44. The van der Waals surface area contributed by atoms with Crippen LogP contribution < -0.4 is 10.6 Å². The Hall–Kier alpha value is -2.51. The normalized spacial score (nSPS) is 9.91. The van der Waals surface area contributed by atoms with Crippen LogP contribution in [-0.4, -0.2) is 12.5 Å². The van der Waals surface area contributed by atoms with E-state index in [2.05, 4.69) is 10.6 Å². The lowest BCUT2D eigenvalue weighted by atomic mass is 10.1. The van der Waals surface area contributed by atoms with Gasteiger partial charge >= 0.3 is 0 Å². The van der Waals surface area contributed by atoms with Gasteiger partial charge in [-0.2, -0.15) is 5.26 Å². The molecule has 2 aromatic carbocycles. The van der Waals surface area contributed by atoms with Gasteiger partial charge in [0.05, 0.1) is 28.9 Å². The number of nitrogens with zero attached hydrogens (tertiary/aromatic N) is 1. The number of hydrogen-bond donors (Lipinski definition) is 2. The zero-order valence-corrected chi connectivity index (χ0v) is 13.2. The van der Waals surface area contributed by atoms with Crippen LogP contribution in [0.2, 0.25) is 5.02 Å². The molecular weight excluding hydrogens is 298 g/mol. The van der Waals surface area contributed by atoms with Crippen LogP contribution >= 0.6 is 11.6 Å². The van der Waals surface area contributed by atoms with Gasteiger partial charge in [0.15, 0.2) is 0 Å². The quantitative estimate of drug-likeness (QED) is 0.900. The SMILES string of the molecule is Cc1cc(C)c(NCC(=O)Nc2cccc(C#N)c2)c(Cl)c1. The number of carbonyl (C=O) groups excluding carboxylic acids is 1. The van der Waals surface area contributed by atoms with E-state index in [1.165, 1.54) is 0 Å². The van der Waals surface area contributed by atoms with Crippen molar-refractivity contribution in [3.8, 4) is 6.07 Å². The first-order valence-corrected chi connectivity index (χ1v) is 7.18. The van der Waals surface area contributed by atoms with Crippen molar-refractivity contribution in [2.24, 2.45) is 0 Å². The Morgan fingerprint density at radius 3 is 2.73 bits per heavy atom. The fourth-order valence-corrected chi connectivity index (χ4v) is 2.57. The summed E-state index contributed by atoms with van der Waals surface area (Å²) < 4.78 is 0. The van der Waals surface area contributed by atoms with Crippen LogP contribution in [-0.2, 0) is 4.79 Å². The van der Waals surface area contributed by atoms with E-state index in [1.54, 1.807) is 24.3 Å². The molecule has 0 aliphatic rings. The Labute approximate surface area is 134 Å². The maximum Gasteiger partial charge on any atom is 0.243 e. The molecule has 2 aromatic rings. The number of benzene rings is 2. The van der Waals surface area contributed by atoms with Crippen molar-refractivity contribution >= 4 is 28.9 Å². The second kappa shape index (κ2) is 6.97. The molecule has 0 aliphatic heterocycles. The van der Waals surface area contributed by atoms with Gasteiger partial charge in [-0.15, -0.1) is 0 Å². The molecule has 0 aliphatic carbocycles. The maximum absolute atomic E-state index is 12.0. The maximum atomic E-state index is 12.0. The van der Waals surface area contributed by atoms with Gasteiger partial charge in [0.2, 0.25) is 5.91 Å². The van der Waals surface area contributed by atoms with Gasteiger partial charge in [-0.05, 0) is 49.2 Å². The third kappa shape index (κ3) is 4.00. The highest BCUT2D eigenvalue weighted by atomic mass is 35.5. The van der Waals surface area contributed by atoms with Crippen LogP contribution in [0.1, 0.15) is 16.7 Å². The van der Waals surface area contributed by atoms with E-state index in [0.717, 1.165) is 16.8 Å². The molecule has 0 unspecified atom stereocenters. The fourth-order valence-electron chi connectivity index (χ4n) is 2.18. The van der Waals surface area contributed by atoms with E-state index in [1.807, 2.05) is 32.0 Å². The van der Waals surface area contributed by atoms with Crippen molar-refractivity contribution in [3.05, 3.63) is 58.1 Å². The van der Waals surface area contributed by atoms with Crippen molar-refractivity contribution in [2.75, 3.05) is 17.2 Å². The molecule has 0 fully saturated rings. The molecule has 2 rings (SSSR count). The molecule has 1 amide bonds. The summed E-state index contributed by atoms with van der Waals surface area (Å²) in [5.74, 6) is -0.203. The topological polar surface area (TPSA) is 64.9 Å². The minimum Gasteiger partial charge on any atom is -0.375 e. The van der Waals surface area contributed by atoms with Gasteiger partial charge in [0, 0.05) is 5.69 Å². The van der Waals surface area contributed by atoms with E-state index < -0.39 is 0 Å². The lowest BCUT2D eigenvalue weighted by Gasteiger charge is -2.12. The summed E-state index contributed by atoms with van der Waals surface area (Å²) in [5, 5.41) is 15.2. The standard InChI is InChI=1S/C17H16ClN3O/c1-11-6-12(2)17(15(18)7-11)20-10-16(22)21-14-5-3-4-13(8-14)9-19/h3-8,20H,10H2,1-2H3,(H,21,22). The zero-order valence-electron chi connectivity index (χ0n) is 12.4. The summed E-state index contributed by atoms with van der Waals surface area (Å²) in [4.78, 5) is 12.0. The summed E-state index contributed by atoms with van der Waals surface area (Å²) in [5.41, 5.74) is 3.92. The molecule has 0 radical (unpaired) electrons. The Bertz CT molecular complexity index is 727. The first kappa shape index (κ1) is 15.9. The third-order valence-electron chi connectivity index (χ3n) is 3.13. The van der Waals surface area contributed by atoms with Crippen molar-refractivity contribution < 1.29 is 4.79 Å². The number of amides is 1. The molecule has 112 valence electrons. The summed E-state index contributed by atoms with van der Waals surface area (Å²) in [6.45, 7) is 4.01. The molecule has 0 heterocycles. The molecule has 0 bridgehead atoms. The number of rotatable bonds is 4. The zero-order chi connectivity index (χ0) is 16.1. The van der Waals surface area contributed by atoms with E-state index in [4.69, 9.17) is 16.9 Å². The molecule has 0 saturated carbocycles. The summed E-state index contributed by atoms with van der Waals surface area (Å²) in [7, 11) is 0. The number of carbonyl (C=O) groups is 1. The minimum atomic E-state index is -0.203. The number of nitrogens with one attached hydrogen (secondary N) is 2. The molecule has 0 aromatic heterocycles.